The van der Waals surface area contributed by atoms with Crippen LogP contribution in [0.4, 0.5) is 21.9 Å². The van der Waals surface area contributed by atoms with Crippen molar-refractivity contribution in [3.8, 4) is 23.0 Å². The van der Waals surface area contributed by atoms with E-state index in [1.807, 2.05) is 0 Å². The Labute approximate surface area is 229 Å². The van der Waals surface area contributed by atoms with E-state index in [0.717, 1.165) is 23.1 Å². The van der Waals surface area contributed by atoms with Crippen molar-refractivity contribution in [3.05, 3.63) is 91.0 Å². The summed E-state index contributed by atoms with van der Waals surface area (Å²) in [6.07, 6.45) is 1.17. The zero-order chi connectivity index (χ0) is 29.1. The molecule has 3 aromatic carbocycles. The molecule has 3 aromatic rings. The molecule has 1 saturated heterocycles. The van der Waals surface area contributed by atoms with Gasteiger partial charge in [0.05, 0.1) is 40.8 Å². The zero-order valence-electron chi connectivity index (χ0n) is 20.6. The topological polar surface area (TPSA) is 180 Å². The Morgan fingerprint density at radius 1 is 0.900 bits per heavy atom. The van der Waals surface area contributed by atoms with Crippen LogP contribution in [0.1, 0.15) is 5.56 Å². The summed E-state index contributed by atoms with van der Waals surface area (Å²) in [5.41, 5.74) is -1.23. The van der Waals surface area contributed by atoms with E-state index in [1.165, 1.54) is 56.7 Å². The van der Waals surface area contributed by atoms with Crippen molar-refractivity contribution in [2.75, 3.05) is 19.1 Å². The van der Waals surface area contributed by atoms with Crippen molar-refractivity contribution in [3.63, 3.8) is 0 Å². The Kier molecular flexibility index (Phi) is 7.63. The van der Waals surface area contributed by atoms with Gasteiger partial charge in [-0.15, -0.1) is 0 Å². The average molecular weight is 569 g/mol. The van der Waals surface area contributed by atoms with E-state index in [1.54, 1.807) is 0 Å². The number of nitrogens with zero attached hydrogens (tertiary/aromatic N) is 3. The Morgan fingerprint density at radius 2 is 1.60 bits per heavy atom. The van der Waals surface area contributed by atoms with E-state index in [0.29, 0.717) is 5.75 Å². The molecule has 15 heteroatoms. The van der Waals surface area contributed by atoms with Crippen molar-refractivity contribution in [2.24, 2.45) is 0 Å². The Balaban J connectivity index is 1.70. The predicted octanol–water partition coefficient (Wildman–Crippen LogP) is 4.63. The largest absolute Gasteiger partial charge is 0.497 e. The second kappa shape index (κ2) is 11.1. The van der Waals surface area contributed by atoms with Crippen LogP contribution in [-0.2, 0) is 9.59 Å². The van der Waals surface area contributed by atoms with Crippen LogP contribution in [0.2, 0.25) is 5.02 Å². The van der Waals surface area contributed by atoms with Gasteiger partial charge in [0.1, 0.15) is 11.3 Å². The van der Waals surface area contributed by atoms with Gasteiger partial charge in [0.2, 0.25) is 5.75 Å². The minimum Gasteiger partial charge on any atom is -0.497 e. The zero-order valence-corrected chi connectivity index (χ0v) is 21.3. The maximum absolute atomic E-state index is 13.2. The molecular formula is C25H17ClN4O10. The SMILES string of the molecule is COc1ccc(N2C(=O)NC(=O)/C(=C\c3cc(Cl)c(Oc4ccc([N+](=O)[O-])cc4[N+](=O)[O-])c(OC)c3)C2=O)cc1. The highest BCUT2D eigenvalue weighted by Crippen LogP contribution is 2.43. The molecule has 0 unspecified atom stereocenters. The number of urea groups is 1. The van der Waals surface area contributed by atoms with E-state index >= 15 is 0 Å². The number of amides is 4. The fourth-order valence-corrected chi connectivity index (χ4v) is 3.93. The van der Waals surface area contributed by atoms with Gasteiger partial charge in [-0.1, -0.05) is 11.6 Å². The lowest BCUT2D eigenvalue weighted by molar-refractivity contribution is -0.394. The van der Waals surface area contributed by atoms with Gasteiger partial charge >= 0.3 is 11.7 Å². The molecule has 1 aliphatic rings. The molecule has 0 saturated carbocycles. The molecule has 4 rings (SSSR count). The predicted molar refractivity (Wildman–Crippen MR) is 140 cm³/mol. The highest BCUT2D eigenvalue weighted by atomic mass is 35.5. The first-order valence-corrected chi connectivity index (χ1v) is 11.5. The summed E-state index contributed by atoms with van der Waals surface area (Å²) in [4.78, 5) is 59.8. The number of rotatable bonds is 8. The van der Waals surface area contributed by atoms with Gasteiger partial charge in [0, 0.05) is 6.07 Å². The van der Waals surface area contributed by atoms with Gasteiger partial charge in [-0.25, -0.2) is 9.69 Å². The molecule has 14 nitrogen and oxygen atoms in total. The molecule has 1 fully saturated rings. The Morgan fingerprint density at radius 3 is 2.20 bits per heavy atom. The molecule has 1 heterocycles. The van der Waals surface area contributed by atoms with E-state index in [4.69, 9.17) is 25.8 Å². The number of nitro benzene ring substituents is 2. The summed E-state index contributed by atoms with van der Waals surface area (Å²) in [7, 11) is 2.71. The standard InChI is InChI=1S/C25H17ClN4O10/c1-38-16-6-3-14(4-7-16)28-24(32)17(23(31)27-25(28)33)9-13-10-18(26)22(21(11-13)39-2)40-20-8-5-15(29(34)35)12-19(20)30(36)37/h3-12H,1-2H3,(H,27,31,33)/b17-9+. The number of nitro groups is 2. The number of non-ortho nitro benzene ring substituents is 1. The lowest BCUT2D eigenvalue weighted by Gasteiger charge is -2.26. The summed E-state index contributed by atoms with van der Waals surface area (Å²) in [5.74, 6) is -1.93. The van der Waals surface area contributed by atoms with Gasteiger partial charge < -0.3 is 14.2 Å². The number of halogens is 1. The molecule has 0 atom stereocenters. The molecule has 1 N–H and O–H groups in total. The van der Waals surface area contributed by atoms with Crippen molar-refractivity contribution < 1.29 is 38.4 Å². The maximum Gasteiger partial charge on any atom is 0.335 e. The monoisotopic (exact) mass is 568 g/mol. The normalized spacial score (nSPS) is 14.1. The van der Waals surface area contributed by atoms with Crippen LogP contribution in [0.15, 0.2) is 60.2 Å². The number of carbonyl (C=O) groups excluding carboxylic acids is 3. The minimum atomic E-state index is -0.948. The molecule has 1 aliphatic heterocycles. The quantitative estimate of drug-likeness (QED) is 0.174. The van der Waals surface area contributed by atoms with E-state index < -0.39 is 44.6 Å². The molecule has 0 radical (unpaired) electrons. The highest BCUT2D eigenvalue weighted by molar-refractivity contribution is 6.39. The Bertz CT molecular complexity index is 1600. The van der Waals surface area contributed by atoms with Gasteiger partial charge in [0.15, 0.2) is 11.5 Å². The van der Waals surface area contributed by atoms with E-state index in [2.05, 4.69) is 5.32 Å². The summed E-state index contributed by atoms with van der Waals surface area (Å²) in [6.45, 7) is 0. The van der Waals surface area contributed by atoms with E-state index in [-0.39, 0.29) is 33.5 Å². The number of carbonyl (C=O) groups is 3. The van der Waals surface area contributed by atoms with Gasteiger partial charge in [-0.2, -0.15) is 0 Å². The third-order valence-corrected chi connectivity index (χ3v) is 5.84. The van der Waals surface area contributed by atoms with Crippen LogP contribution < -0.4 is 24.4 Å². The molecule has 40 heavy (non-hydrogen) atoms. The number of benzene rings is 3. The van der Waals surface area contributed by atoms with Crippen molar-refractivity contribution >= 4 is 52.6 Å². The third kappa shape index (κ3) is 5.37. The molecular weight excluding hydrogens is 552 g/mol. The van der Waals surface area contributed by atoms with Gasteiger partial charge in [0.25, 0.3) is 17.5 Å². The number of hydrogen-bond acceptors (Lipinski definition) is 10. The van der Waals surface area contributed by atoms with E-state index in [9.17, 15) is 34.6 Å². The van der Waals surface area contributed by atoms with Crippen molar-refractivity contribution in [1.29, 1.82) is 0 Å². The molecule has 4 amide bonds. The number of methoxy groups -OCH3 is 2. The second-order valence-electron chi connectivity index (χ2n) is 7.96. The Hall–Kier alpha value is -5.50. The first-order valence-electron chi connectivity index (χ1n) is 11.1. The smallest absolute Gasteiger partial charge is 0.335 e. The highest BCUT2D eigenvalue weighted by Gasteiger charge is 2.37. The van der Waals surface area contributed by atoms with Crippen LogP contribution in [0.25, 0.3) is 6.08 Å². The lowest BCUT2D eigenvalue weighted by atomic mass is 10.1. The maximum atomic E-state index is 13.2. The molecule has 0 bridgehead atoms. The molecule has 0 aliphatic carbocycles. The number of anilines is 1. The number of ether oxygens (including phenoxy) is 3. The molecule has 204 valence electrons. The number of imide groups is 2. The lowest BCUT2D eigenvalue weighted by Crippen LogP contribution is -2.54. The van der Waals surface area contributed by atoms with Crippen LogP contribution in [0.5, 0.6) is 23.0 Å². The fraction of sp³-hybridized carbons (Fsp3) is 0.0800. The first kappa shape index (κ1) is 27.5. The summed E-state index contributed by atoms with van der Waals surface area (Å²) >= 11 is 6.37. The fourth-order valence-electron chi connectivity index (χ4n) is 3.67. The van der Waals surface area contributed by atoms with Crippen molar-refractivity contribution in [2.45, 2.75) is 0 Å². The van der Waals surface area contributed by atoms with Crippen LogP contribution in [0.3, 0.4) is 0 Å². The molecule has 0 spiro atoms. The summed E-state index contributed by atoms with van der Waals surface area (Å²) < 4.78 is 16.0. The average Bonchev–Trinajstić information content (AvgIpc) is 2.92. The van der Waals surface area contributed by atoms with Crippen LogP contribution in [0, 0.1) is 20.2 Å². The summed E-state index contributed by atoms with van der Waals surface area (Å²) in [6, 6.07) is 10.5. The third-order valence-electron chi connectivity index (χ3n) is 5.56. The second-order valence-corrected chi connectivity index (χ2v) is 8.37. The summed E-state index contributed by atoms with van der Waals surface area (Å²) in [5, 5.41) is 24.5. The molecule has 0 aromatic heterocycles. The number of nitrogens with one attached hydrogen (secondary N) is 1. The van der Waals surface area contributed by atoms with Crippen LogP contribution >= 0.6 is 11.6 Å². The van der Waals surface area contributed by atoms with Gasteiger partial charge in [-0.05, 0) is 54.1 Å². The first-order chi connectivity index (χ1) is 19.0. The van der Waals surface area contributed by atoms with Gasteiger partial charge in [-0.3, -0.25) is 35.1 Å². The van der Waals surface area contributed by atoms with Crippen molar-refractivity contribution in [1.82, 2.24) is 5.32 Å². The minimum absolute atomic E-state index is 0.0428. The number of hydrogen-bond donors (Lipinski definition) is 1. The number of barbiturate groups is 1. The van der Waals surface area contributed by atoms with Crippen LogP contribution in [-0.4, -0.2) is 41.9 Å².